The molecule has 0 aliphatic carbocycles. The summed E-state index contributed by atoms with van der Waals surface area (Å²) in [6, 6.07) is 9.89. The number of H-pyrrole nitrogens is 1. The molecule has 2 N–H and O–H groups in total. The van der Waals surface area contributed by atoms with Gasteiger partial charge in [0, 0.05) is 43.5 Å². The van der Waals surface area contributed by atoms with Gasteiger partial charge >= 0.3 is 0 Å². The van der Waals surface area contributed by atoms with Gasteiger partial charge in [-0.3, -0.25) is 9.50 Å². The Labute approximate surface area is 167 Å². The summed E-state index contributed by atoms with van der Waals surface area (Å²) < 4.78 is 7.09. The first kappa shape index (κ1) is 17.5. The molecule has 1 aliphatic rings. The highest BCUT2D eigenvalue weighted by atomic mass is 16.5. The van der Waals surface area contributed by atoms with Crippen LogP contribution in [-0.4, -0.2) is 49.7 Å². The van der Waals surface area contributed by atoms with Crippen molar-refractivity contribution in [3.8, 4) is 5.88 Å². The average molecular weight is 390 g/mol. The number of hydrogen-bond acceptors (Lipinski definition) is 7. The normalized spacial score (nSPS) is 16.5. The number of aryl methyl sites for hydroxylation is 1. The summed E-state index contributed by atoms with van der Waals surface area (Å²) in [4.78, 5) is 16.1. The number of pyridine rings is 1. The highest BCUT2D eigenvalue weighted by Gasteiger charge is 2.27. The third-order valence-electron chi connectivity index (χ3n) is 5.24. The maximum atomic E-state index is 5.16. The van der Waals surface area contributed by atoms with Crippen molar-refractivity contribution in [2.75, 3.05) is 30.4 Å². The lowest BCUT2D eigenvalue weighted by atomic mass is 10.0. The Kier molecular flexibility index (Phi) is 4.27. The zero-order valence-electron chi connectivity index (χ0n) is 16.3. The van der Waals surface area contributed by atoms with E-state index in [4.69, 9.17) is 14.7 Å². The summed E-state index contributed by atoms with van der Waals surface area (Å²) in [5.74, 6) is 3.25. The summed E-state index contributed by atoms with van der Waals surface area (Å²) in [6.45, 7) is 3.69. The first-order chi connectivity index (χ1) is 14.2. The van der Waals surface area contributed by atoms with Crippen LogP contribution in [0.4, 0.5) is 17.7 Å². The predicted molar refractivity (Wildman–Crippen MR) is 110 cm³/mol. The lowest BCUT2D eigenvalue weighted by Gasteiger charge is -2.18. The summed E-state index contributed by atoms with van der Waals surface area (Å²) in [5, 5.41) is 10.5. The van der Waals surface area contributed by atoms with Crippen molar-refractivity contribution in [3.63, 3.8) is 0 Å². The molecule has 1 unspecified atom stereocenters. The molecule has 148 valence electrons. The molecule has 4 aromatic rings. The van der Waals surface area contributed by atoms with Crippen LogP contribution in [0, 0.1) is 6.92 Å². The highest BCUT2D eigenvalue weighted by molar-refractivity contribution is 5.57. The molecule has 5 heterocycles. The number of hydrogen-bond donors (Lipinski definition) is 2. The van der Waals surface area contributed by atoms with E-state index < -0.39 is 0 Å². The predicted octanol–water partition coefficient (Wildman–Crippen LogP) is 2.90. The molecule has 1 saturated heterocycles. The fourth-order valence-corrected chi connectivity index (χ4v) is 3.72. The molecule has 9 nitrogen and oxygen atoms in total. The van der Waals surface area contributed by atoms with Crippen molar-refractivity contribution in [1.82, 2.24) is 29.5 Å². The van der Waals surface area contributed by atoms with Crippen LogP contribution in [-0.2, 0) is 0 Å². The van der Waals surface area contributed by atoms with E-state index in [0.717, 1.165) is 42.6 Å². The van der Waals surface area contributed by atoms with Crippen molar-refractivity contribution >= 4 is 23.4 Å². The van der Waals surface area contributed by atoms with E-state index in [-0.39, 0.29) is 0 Å². The molecule has 5 rings (SSSR count). The van der Waals surface area contributed by atoms with Gasteiger partial charge in [0.2, 0.25) is 17.8 Å². The quantitative estimate of drug-likeness (QED) is 0.541. The maximum Gasteiger partial charge on any atom is 0.230 e. The topological polar surface area (TPSA) is 96.3 Å². The van der Waals surface area contributed by atoms with Crippen LogP contribution in [0.1, 0.15) is 23.6 Å². The maximum absolute atomic E-state index is 5.16. The minimum atomic E-state index is 0.395. The van der Waals surface area contributed by atoms with Crippen LogP contribution in [0.25, 0.3) is 5.65 Å². The number of nitrogens with zero attached hydrogens (tertiary/aromatic N) is 6. The molecule has 9 heteroatoms. The molecular formula is C20H22N8O. The average Bonchev–Trinajstić information content (AvgIpc) is 3.48. The van der Waals surface area contributed by atoms with Crippen LogP contribution in [0.2, 0.25) is 0 Å². The fourth-order valence-electron chi connectivity index (χ4n) is 3.72. The van der Waals surface area contributed by atoms with E-state index >= 15 is 0 Å². The van der Waals surface area contributed by atoms with Crippen LogP contribution >= 0.6 is 0 Å². The molecule has 0 aromatic carbocycles. The molecule has 0 spiro atoms. The van der Waals surface area contributed by atoms with Gasteiger partial charge in [-0.15, -0.1) is 0 Å². The standard InChI is InChI=1S/C20H22N8O/c1-13-10-16(26-25-13)22-20-24-19(23-17-4-3-8-28(17)20)27-9-7-15(12-27)14-5-6-18(29-2)21-11-14/h3-6,8,10-11,15H,7,9,12H2,1-2H3,(H2,22,23,24,25,26). The van der Waals surface area contributed by atoms with Crippen molar-refractivity contribution in [3.05, 3.63) is 54.0 Å². The third-order valence-corrected chi connectivity index (χ3v) is 5.24. The van der Waals surface area contributed by atoms with Gasteiger partial charge < -0.3 is 15.0 Å². The Balaban J connectivity index is 1.41. The summed E-state index contributed by atoms with van der Waals surface area (Å²) in [5.41, 5.74) is 2.98. The Morgan fingerprint density at radius 2 is 2.17 bits per heavy atom. The van der Waals surface area contributed by atoms with Crippen molar-refractivity contribution < 1.29 is 4.74 Å². The summed E-state index contributed by atoms with van der Waals surface area (Å²) in [7, 11) is 1.63. The first-order valence-electron chi connectivity index (χ1n) is 9.58. The molecule has 0 radical (unpaired) electrons. The Bertz CT molecular complexity index is 1130. The van der Waals surface area contributed by atoms with E-state index in [2.05, 4.69) is 31.5 Å². The van der Waals surface area contributed by atoms with E-state index in [0.29, 0.717) is 17.7 Å². The number of anilines is 3. The number of rotatable bonds is 5. The van der Waals surface area contributed by atoms with E-state index in [9.17, 15) is 0 Å². The zero-order valence-corrected chi connectivity index (χ0v) is 16.3. The molecule has 1 atom stereocenters. The number of nitrogens with one attached hydrogen (secondary N) is 2. The highest BCUT2D eigenvalue weighted by Crippen LogP contribution is 2.30. The van der Waals surface area contributed by atoms with E-state index in [1.165, 1.54) is 5.56 Å². The number of ether oxygens (including phenoxy) is 1. The SMILES string of the molecule is COc1ccc(C2CCN(c3nc(Nc4cc(C)n[nH]4)n4cccc4n3)C2)cn1. The van der Waals surface area contributed by atoms with Crippen molar-refractivity contribution in [1.29, 1.82) is 0 Å². The monoisotopic (exact) mass is 390 g/mol. The number of fused-ring (bicyclic) bond motifs is 1. The lowest BCUT2D eigenvalue weighted by molar-refractivity contribution is 0.397. The van der Waals surface area contributed by atoms with Gasteiger partial charge in [0.1, 0.15) is 11.5 Å². The van der Waals surface area contributed by atoms with Gasteiger partial charge in [-0.2, -0.15) is 15.1 Å². The minimum absolute atomic E-state index is 0.395. The van der Waals surface area contributed by atoms with Gasteiger partial charge in [-0.05, 0) is 31.0 Å². The van der Waals surface area contributed by atoms with Crippen LogP contribution in [0.3, 0.4) is 0 Å². The lowest BCUT2D eigenvalue weighted by Crippen LogP contribution is -2.23. The summed E-state index contributed by atoms with van der Waals surface area (Å²) in [6.07, 6.45) is 4.88. The minimum Gasteiger partial charge on any atom is -0.481 e. The molecular weight excluding hydrogens is 368 g/mol. The van der Waals surface area contributed by atoms with E-state index in [1.54, 1.807) is 7.11 Å². The van der Waals surface area contributed by atoms with E-state index in [1.807, 2.05) is 48.0 Å². The second-order valence-corrected chi connectivity index (χ2v) is 7.20. The van der Waals surface area contributed by atoms with Gasteiger partial charge in [-0.25, -0.2) is 4.98 Å². The Morgan fingerprint density at radius 1 is 1.24 bits per heavy atom. The van der Waals surface area contributed by atoms with Crippen LogP contribution in [0.5, 0.6) is 5.88 Å². The smallest absolute Gasteiger partial charge is 0.230 e. The molecule has 1 aliphatic heterocycles. The first-order valence-corrected chi connectivity index (χ1v) is 9.58. The summed E-state index contributed by atoms with van der Waals surface area (Å²) >= 11 is 0. The second-order valence-electron chi connectivity index (χ2n) is 7.20. The van der Waals surface area contributed by atoms with Crippen molar-refractivity contribution in [2.24, 2.45) is 0 Å². The van der Waals surface area contributed by atoms with Gasteiger partial charge in [0.25, 0.3) is 0 Å². The number of aromatic amines is 1. The van der Waals surface area contributed by atoms with Gasteiger partial charge in [-0.1, -0.05) is 6.07 Å². The number of methoxy groups -OCH3 is 1. The largest absolute Gasteiger partial charge is 0.481 e. The molecule has 4 aromatic heterocycles. The molecule has 29 heavy (non-hydrogen) atoms. The number of aromatic nitrogens is 6. The molecule has 0 bridgehead atoms. The molecule has 1 fully saturated rings. The molecule has 0 amide bonds. The zero-order chi connectivity index (χ0) is 19.8. The molecule has 0 saturated carbocycles. The van der Waals surface area contributed by atoms with Gasteiger partial charge in [0.05, 0.1) is 12.8 Å². The third kappa shape index (κ3) is 3.35. The van der Waals surface area contributed by atoms with Crippen molar-refractivity contribution in [2.45, 2.75) is 19.3 Å². The second kappa shape index (κ2) is 7.08. The Hall–Kier alpha value is -3.62. The Morgan fingerprint density at radius 3 is 2.93 bits per heavy atom. The van der Waals surface area contributed by atoms with Gasteiger partial charge in [0.15, 0.2) is 0 Å². The fraction of sp³-hybridized carbons (Fsp3) is 0.300. The van der Waals surface area contributed by atoms with Crippen LogP contribution in [0.15, 0.2) is 42.7 Å². The van der Waals surface area contributed by atoms with Crippen LogP contribution < -0.4 is 15.0 Å².